The second-order valence-corrected chi connectivity index (χ2v) is 6.19. The Morgan fingerprint density at radius 2 is 1.38 bits per heavy atom. The third-order valence-corrected chi connectivity index (χ3v) is 4.40. The van der Waals surface area contributed by atoms with Crippen LogP contribution < -0.4 is 0 Å². The average Bonchev–Trinajstić information content (AvgIpc) is 2.37. The molecule has 3 nitrogen and oxygen atoms in total. The van der Waals surface area contributed by atoms with E-state index in [1.807, 2.05) is 0 Å². The Bertz CT molecular complexity index is 241. The van der Waals surface area contributed by atoms with Crippen molar-refractivity contribution in [3.05, 3.63) is 0 Å². The van der Waals surface area contributed by atoms with Crippen molar-refractivity contribution >= 4 is 7.12 Å². The zero-order valence-electron chi connectivity index (χ0n) is 10.8. The fourth-order valence-electron chi connectivity index (χ4n) is 2.45. The van der Waals surface area contributed by atoms with E-state index < -0.39 is 0 Å². The van der Waals surface area contributed by atoms with Gasteiger partial charge in [0.1, 0.15) is 0 Å². The van der Waals surface area contributed by atoms with Crippen LogP contribution in [-0.4, -0.2) is 29.5 Å². The molecule has 2 fully saturated rings. The maximum Gasteiger partial charge on any atom is 0.461 e. The molecular weight excluding hydrogens is 203 g/mol. The van der Waals surface area contributed by atoms with Crippen LogP contribution in [0.3, 0.4) is 0 Å². The third kappa shape index (κ3) is 2.15. The van der Waals surface area contributed by atoms with Gasteiger partial charge in [-0.3, -0.25) is 0 Å². The first-order valence-electron chi connectivity index (χ1n) is 6.35. The fourth-order valence-corrected chi connectivity index (χ4v) is 2.45. The predicted molar refractivity (Wildman–Crippen MR) is 64.3 cm³/mol. The minimum Gasteiger partial charge on any atom is -0.403 e. The van der Waals surface area contributed by atoms with Crippen LogP contribution in [0.1, 0.15) is 53.4 Å². The van der Waals surface area contributed by atoms with E-state index in [4.69, 9.17) is 9.31 Å². The summed E-state index contributed by atoms with van der Waals surface area (Å²) in [6, 6.07) is 0. The molecule has 0 aromatic heterocycles. The molecule has 16 heavy (non-hydrogen) atoms. The van der Waals surface area contributed by atoms with Crippen LogP contribution in [0.2, 0.25) is 5.82 Å². The van der Waals surface area contributed by atoms with Gasteiger partial charge in [0.2, 0.25) is 0 Å². The molecule has 2 rings (SSSR count). The molecule has 1 heterocycles. The molecule has 0 radical (unpaired) electrons. The quantitative estimate of drug-likeness (QED) is 0.697. The van der Waals surface area contributed by atoms with Gasteiger partial charge in [-0.2, -0.15) is 0 Å². The largest absolute Gasteiger partial charge is 0.461 e. The summed E-state index contributed by atoms with van der Waals surface area (Å²) in [6.45, 7) is 8.35. The Kier molecular flexibility index (Phi) is 3.10. The molecule has 0 bridgehead atoms. The molecule has 92 valence electrons. The number of rotatable bonds is 1. The Morgan fingerprint density at radius 3 is 1.81 bits per heavy atom. The van der Waals surface area contributed by atoms with Gasteiger partial charge in [-0.15, -0.1) is 0 Å². The molecular formula is C12H23BO3. The number of hydrogen-bond donors (Lipinski definition) is 1. The lowest BCUT2D eigenvalue weighted by Gasteiger charge is -2.32. The van der Waals surface area contributed by atoms with Crippen molar-refractivity contribution in [1.29, 1.82) is 0 Å². The van der Waals surface area contributed by atoms with Gasteiger partial charge in [0.05, 0.1) is 17.3 Å². The zero-order chi connectivity index (χ0) is 12.0. The Balaban J connectivity index is 1.98. The van der Waals surface area contributed by atoms with Crippen LogP contribution in [0.25, 0.3) is 0 Å². The first-order valence-corrected chi connectivity index (χ1v) is 6.35. The van der Waals surface area contributed by atoms with Gasteiger partial charge in [0.25, 0.3) is 0 Å². The van der Waals surface area contributed by atoms with Gasteiger partial charge < -0.3 is 14.4 Å². The highest BCUT2D eigenvalue weighted by Crippen LogP contribution is 2.43. The average molecular weight is 226 g/mol. The SMILES string of the molecule is CC1(C)OB(C2CCC(O)CC2)OC1(C)C. The summed E-state index contributed by atoms with van der Waals surface area (Å²) in [7, 11) is -0.0856. The van der Waals surface area contributed by atoms with Gasteiger partial charge in [-0.1, -0.05) is 0 Å². The lowest BCUT2D eigenvalue weighted by molar-refractivity contribution is 0.00578. The van der Waals surface area contributed by atoms with Crippen molar-refractivity contribution < 1.29 is 14.4 Å². The van der Waals surface area contributed by atoms with Gasteiger partial charge >= 0.3 is 7.12 Å². The molecule has 1 aliphatic heterocycles. The number of aliphatic hydroxyl groups is 1. The Labute approximate surface area is 98.7 Å². The van der Waals surface area contributed by atoms with Gasteiger partial charge in [-0.25, -0.2) is 0 Å². The minimum atomic E-state index is -0.228. The van der Waals surface area contributed by atoms with Gasteiger partial charge in [0.15, 0.2) is 0 Å². The maximum absolute atomic E-state index is 9.49. The monoisotopic (exact) mass is 226 g/mol. The summed E-state index contributed by atoms with van der Waals surface area (Å²) < 4.78 is 12.1. The highest BCUT2D eigenvalue weighted by Gasteiger charge is 2.53. The van der Waals surface area contributed by atoms with Crippen LogP contribution in [-0.2, 0) is 9.31 Å². The van der Waals surface area contributed by atoms with Crippen LogP contribution in [0, 0.1) is 0 Å². The molecule has 0 amide bonds. The van der Waals surface area contributed by atoms with Crippen molar-refractivity contribution in [2.24, 2.45) is 0 Å². The normalized spacial score (nSPS) is 37.7. The molecule has 2 aliphatic rings. The first kappa shape index (κ1) is 12.4. The molecule has 0 atom stereocenters. The van der Waals surface area contributed by atoms with Crippen molar-refractivity contribution in [2.45, 2.75) is 76.5 Å². The van der Waals surface area contributed by atoms with Crippen LogP contribution >= 0.6 is 0 Å². The Hall–Kier alpha value is -0.0551. The third-order valence-electron chi connectivity index (χ3n) is 4.40. The van der Waals surface area contributed by atoms with Crippen LogP contribution in [0.4, 0.5) is 0 Å². The van der Waals surface area contributed by atoms with E-state index >= 15 is 0 Å². The number of hydrogen-bond acceptors (Lipinski definition) is 3. The van der Waals surface area contributed by atoms with E-state index in [1.165, 1.54) is 0 Å². The van der Waals surface area contributed by atoms with Crippen LogP contribution in [0.5, 0.6) is 0 Å². The van der Waals surface area contributed by atoms with Crippen molar-refractivity contribution in [3.8, 4) is 0 Å². The summed E-state index contributed by atoms with van der Waals surface area (Å²) in [5.41, 5.74) is -0.457. The highest BCUT2D eigenvalue weighted by atomic mass is 16.7. The smallest absolute Gasteiger partial charge is 0.403 e. The van der Waals surface area contributed by atoms with E-state index in [9.17, 15) is 5.11 Å². The summed E-state index contributed by atoms with van der Waals surface area (Å²) in [5, 5.41) is 9.49. The van der Waals surface area contributed by atoms with E-state index in [0.29, 0.717) is 5.82 Å². The lowest BCUT2D eigenvalue weighted by Crippen LogP contribution is -2.41. The van der Waals surface area contributed by atoms with Crippen molar-refractivity contribution in [2.75, 3.05) is 0 Å². The standard InChI is InChI=1S/C12H23BO3/c1-11(2)12(3,4)16-13(15-11)9-5-7-10(14)8-6-9/h9-10,14H,5-8H2,1-4H3. The summed E-state index contributed by atoms with van der Waals surface area (Å²) in [5.74, 6) is 0.449. The molecule has 1 aliphatic carbocycles. The van der Waals surface area contributed by atoms with Crippen LogP contribution in [0.15, 0.2) is 0 Å². The zero-order valence-corrected chi connectivity index (χ0v) is 10.8. The molecule has 0 unspecified atom stereocenters. The maximum atomic E-state index is 9.49. The molecule has 1 saturated carbocycles. The molecule has 0 spiro atoms. The van der Waals surface area contributed by atoms with E-state index in [1.54, 1.807) is 0 Å². The molecule has 4 heteroatoms. The van der Waals surface area contributed by atoms with Gasteiger partial charge in [-0.05, 0) is 59.2 Å². The lowest BCUT2D eigenvalue weighted by atomic mass is 9.64. The Morgan fingerprint density at radius 1 is 0.938 bits per heavy atom. The molecule has 0 aromatic rings. The van der Waals surface area contributed by atoms with Gasteiger partial charge in [0, 0.05) is 0 Å². The molecule has 1 N–H and O–H groups in total. The summed E-state index contributed by atoms with van der Waals surface area (Å²) in [6.07, 6.45) is 3.68. The van der Waals surface area contributed by atoms with E-state index in [0.717, 1.165) is 25.7 Å². The molecule has 1 saturated heterocycles. The highest BCUT2D eigenvalue weighted by molar-refractivity contribution is 6.47. The predicted octanol–water partition coefficient (Wildman–Crippen LogP) is 2.38. The number of aliphatic hydroxyl groups excluding tert-OH is 1. The van der Waals surface area contributed by atoms with Crippen molar-refractivity contribution in [3.63, 3.8) is 0 Å². The minimum absolute atomic E-state index is 0.0856. The van der Waals surface area contributed by atoms with E-state index in [-0.39, 0.29) is 24.4 Å². The fraction of sp³-hybridized carbons (Fsp3) is 1.00. The van der Waals surface area contributed by atoms with Crippen molar-refractivity contribution in [1.82, 2.24) is 0 Å². The molecule has 0 aromatic carbocycles. The topological polar surface area (TPSA) is 38.7 Å². The second-order valence-electron chi connectivity index (χ2n) is 6.19. The van der Waals surface area contributed by atoms with E-state index in [2.05, 4.69) is 27.7 Å². The summed E-state index contributed by atoms with van der Waals surface area (Å²) in [4.78, 5) is 0. The summed E-state index contributed by atoms with van der Waals surface area (Å²) >= 11 is 0. The first-order chi connectivity index (χ1) is 7.32. The second kappa shape index (κ2) is 4.00.